The molecule has 0 amide bonds. The summed E-state index contributed by atoms with van der Waals surface area (Å²) in [7, 11) is 0. The summed E-state index contributed by atoms with van der Waals surface area (Å²) in [5, 5.41) is 12.5. The van der Waals surface area contributed by atoms with E-state index in [0.717, 1.165) is 12.1 Å². The van der Waals surface area contributed by atoms with Crippen molar-refractivity contribution in [1.29, 1.82) is 0 Å². The zero-order chi connectivity index (χ0) is 14.4. The fraction of sp³-hybridized carbons (Fsp3) is 0.294. The molecule has 0 saturated carbocycles. The van der Waals surface area contributed by atoms with E-state index in [2.05, 4.69) is 42.8 Å². The topological polar surface area (TPSA) is 36.8 Å². The van der Waals surface area contributed by atoms with E-state index >= 15 is 0 Å². The molecule has 0 aromatic heterocycles. The third-order valence-corrected chi connectivity index (χ3v) is 4.27. The summed E-state index contributed by atoms with van der Waals surface area (Å²) in [5.74, 6) is 0. The Labute approximate surface area is 125 Å². The minimum atomic E-state index is -0.429. The lowest BCUT2D eigenvalue weighted by atomic mass is 10.0. The maximum absolute atomic E-state index is 10.3. The Morgan fingerprint density at radius 1 is 1.05 bits per heavy atom. The van der Waals surface area contributed by atoms with Gasteiger partial charge in [0.2, 0.25) is 0 Å². The van der Waals surface area contributed by atoms with Crippen LogP contribution in [0.2, 0.25) is 0 Å². The SMILES string of the molecule is CSc1ccc(C[NH2+][C@H](C)[C@H](O)c2ccccc2)cc1. The Morgan fingerprint density at radius 2 is 1.70 bits per heavy atom. The van der Waals surface area contributed by atoms with Crippen LogP contribution in [0.4, 0.5) is 0 Å². The molecule has 0 saturated heterocycles. The number of hydrogen-bond acceptors (Lipinski definition) is 2. The molecule has 106 valence electrons. The van der Waals surface area contributed by atoms with Crippen LogP contribution in [0.15, 0.2) is 59.5 Å². The van der Waals surface area contributed by atoms with Crippen LogP contribution in [0.25, 0.3) is 0 Å². The molecule has 20 heavy (non-hydrogen) atoms. The van der Waals surface area contributed by atoms with Crippen LogP contribution in [0, 0.1) is 0 Å². The molecule has 2 aromatic carbocycles. The van der Waals surface area contributed by atoms with Gasteiger partial charge < -0.3 is 10.4 Å². The van der Waals surface area contributed by atoms with Crippen molar-refractivity contribution < 1.29 is 10.4 Å². The van der Waals surface area contributed by atoms with E-state index in [9.17, 15) is 5.11 Å². The fourth-order valence-electron chi connectivity index (χ4n) is 2.17. The Bertz CT molecular complexity index is 512. The van der Waals surface area contributed by atoms with E-state index in [4.69, 9.17) is 0 Å². The molecular formula is C17H22NOS+. The molecule has 2 nitrogen and oxygen atoms in total. The second-order valence-electron chi connectivity index (χ2n) is 5.00. The van der Waals surface area contributed by atoms with Crippen molar-refractivity contribution in [3.8, 4) is 0 Å². The van der Waals surface area contributed by atoms with Crippen molar-refractivity contribution >= 4 is 11.8 Å². The van der Waals surface area contributed by atoms with Crippen molar-refractivity contribution in [2.45, 2.75) is 30.5 Å². The number of aliphatic hydroxyl groups excluding tert-OH is 1. The van der Waals surface area contributed by atoms with Crippen LogP contribution in [0.3, 0.4) is 0 Å². The van der Waals surface area contributed by atoms with Crippen LogP contribution in [0.5, 0.6) is 0 Å². The summed E-state index contributed by atoms with van der Waals surface area (Å²) in [6, 6.07) is 18.6. The van der Waals surface area contributed by atoms with Crippen molar-refractivity contribution in [2.24, 2.45) is 0 Å². The lowest BCUT2D eigenvalue weighted by Crippen LogP contribution is -2.88. The van der Waals surface area contributed by atoms with E-state index in [1.54, 1.807) is 11.8 Å². The van der Waals surface area contributed by atoms with Gasteiger partial charge in [-0.05, 0) is 30.9 Å². The molecule has 0 aliphatic carbocycles. The highest BCUT2D eigenvalue weighted by molar-refractivity contribution is 7.98. The third kappa shape index (κ3) is 4.10. The highest BCUT2D eigenvalue weighted by atomic mass is 32.2. The molecular weight excluding hydrogens is 266 g/mol. The first-order chi connectivity index (χ1) is 9.70. The van der Waals surface area contributed by atoms with Gasteiger partial charge >= 0.3 is 0 Å². The lowest BCUT2D eigenvalue weighted by Gasteiger charge is -2.17. The van der Waals surface area contributed by atoms with Crippen LogP contribution in [0.1, 0.15) is 24.2 Å². The standard InChI is InChI=1S/C17H21NOS/c1-13(17(19)15-6-4-3-5-7-15)18-12-14-8-10-16(20-2)11-9-14/h3-11,13,17-19H,12H2,1-2H3/p+1/t13-,17+/m1/s1. The first-order valence-corrected chi connectivity index (χ1v) is 8.12. The van der Waals surface area contributed by atoms with Gasteiger partial charge in [0.25, 0.3) is 0 Å². The van der Waals surface area contributed by atoms with Crippen molar-refractivity contribution in [3.63, 3.8) is 0 Å². The molecule has 0 bridgehead atoms. The van der Waals surface area contributed by atoms with E-state index in [-0.39, 0.29) is 6.04 Å². The molecule has 0 aliphatic rings. The fourth-order valence-corrected chi connectivity index (χ4v) is 2.57. The van der Waals surface area contributed by atoms with Gasteiger partial charge in [0.1, 0.15) is 18.7 Å². The maximum atomic E-state index is 10.3. The van der Waals surface area contributed by atoms with Crippen LogP contribution in [-0.2, 0) is 6.54 Å². The number of thioether (sulfide) groups is 1. The zero-order valence-electron chi connectivity index (χ0n) is 12.0. The summed E-state index contributed by atoms with van der Waals surface area (Å²) in [4.78, 5) is 1.28. The molecule has 0 fully saturated rings. The van der Waals surface area contributed by atoms with Gasteiger partial charge in [0, 0.05) is 10.5 Å². The predicted molar refractivity (Wildman–Crippen MR) is 84.7 cm³/mol. The van der Waals surface area contributed by atoms with E-state index in [0.29, 0.717) is 0 Å². The van der Waals surface area contributed by atoms with E-state index in [1.165, 1.54) is 10.5 Å². The van der Waals surface area contributed by atoms with E-state index in [1.807, 2.05) is 30.3 Å². The molecule has 3 N–H and O–H groups in total. The normalized spacial score (nSPS) is 13.9. The highest BCUT2D eigenvalue weighted by Crippen LogP contribution is 2.15. The van der Waals surface area contributed by atoms with Gasteiger partial charge in [-0.15, -0.1) is 11.8 Å². The van der Waals surface area contributed by atoms with Crippen LogP contribution in [-0.4, -0.2) is 17.4 Å². The Hall–Kier alpha value is -1.29. The van der Waals surface area contributed by atoms with Gasteiger partial charge in [-0.3, -0.25) is 0 Å². The summed E-state index contributed by atoms with van der Waals surface area (Å²) in [6.45, 7) is 2.95. The van der Waals surface area contributed by atoms with Gasteiger partial charge in [0.15, 0.2) is 0 Å². The minimum Gasteiger partial charge on any atom is -0.382 e. The second-order valence-corrected chi connectivity index (χ2v) is 5.88. The largest absolute Gasteiger partial charge is 0.382 e. The predicted octanol–water partition coefficient (Wildman–Crippen LogP) is 2.59. The first-order valence-electron chi connectivity index (χ1n) is 6.90. The van der Waals surface area contributed by atoms with E-state index < -0.39 is 6.10 Å². The molecule has 2 aromatic rings. The zero-order valence-corrected chi connectivity index (χ0v) is 12.8. The molecule has 2 atom stereocenters. The monoisotopic (exact) mass is 288 g/mol. The number of quaternary nitrogens is 1. The third-order valence-electron chi connectivity index (χ3n) is 3.52. The smallest absolute Gasteiger partial charge is 0.130 e. The quantitative estimate of drug-likeness (QED) is 0.802. The average molecular weight is 288 g/mol. The lowest BCUT2D eigenvalue weighted by molar-refractivity contribution is -0.709. The van der Waals surface area contributed by atoms with Gasteiger partial charge in [-0.25, -0.2) is 0 Å². The van der Waals surface area contributed by atoms with Gasteiger partial charge in [-0.1, -0.05) is 42.5 Å². The first kappa shape index (κ1) is 15.1. The molecule has 0 aliphatic heterocycles. The highest BCUT2D eigenvalue weighted by Gasteiger charge is 2.18. The van der Waals surface area contributed by atoms with Gasteiger partial charge in [0.05, 0.1) is 0 Å². The molecule has 0 radical (unpaired) electrons. The second kappa shape index (κ2) is 7.48. The minimum absolute atomic E-state index is 0.137. The molecule has 2 rings (SSSR count). The molecule has 0 heterocycles. The summed E-state index contributed by atoms with van der Waals surface area (Å²) in [5.41, 5.74) is 2.27. The maximum Gasteiger partial charge on any atom is 0.130 e. The Kier molecular flexibility index (Phi) is 5.65. The summed E-state index contributed by atoms with van der Waals surface area (Å²) in [6.07, 6.45) is 1.65. The number of aliphatic hydroxyl groups is 1. The van der Waals surface area contributed by atoms with Crippen molar-refractivity contribution in [3.05, 3.63) is 65.7 Å². The number of rotatable bonds is 6. The molecule has 0 spiro atoms. The summed E-state index contributed by atoms with van der Waals surface area (Å²) < 4.78 is 0. The Morgan fingerprint density at radius 3 is 2.30 bits per heavy atom. The average Bonchev–Trinajstić information content (AvgIpc) is 2.53. The number of benzene rings is 2. The van der Waals surface area contributed by atoms with Crippen molar-refractivity contribution in [2.75, 3.05) is 6.26 Å². The molecule has 0 unspecified atom stereocenters. The van der Waals surface area contributed by atoms with Crippen molar-refractivity contribution in [1.82, 2.24) is 0 Å². The van der Waals surface area contributed by atoms with Crippen LogP contribution < -0.4 is 5.32 Å². The Balaban J connectivity index is 1.89. The molecule has 3 heteroatoms. The van der Waals surface area contributed by atoms with Crippen LogP contribution >= 0.6 is 11.8 Å². The number of hydrogen-bond donors (Lipinski definition) is 2. The summed E-state index contributed by atoms with van der Waals surface area (Å²) >= 11 is 1.75. The van der Waals surface area contributed by atoms with Gasteiger partial charge in [-0.2, -0.15) is 0 Å². The number of nitrogens with two attached hydrogens (primary N) is 1.